The van der Waals surface area contributed by atoms with E-state index in [0.717, 1.165) is 31.4 Å². The van der Waals surface area contributed by atoms with E-state index in [1.54, 1.807) is 6.07 Å². The summed E-state index contributed by atoms with van der Waals surface area (Å²) in [5.41, 5.74) is -0.0343. The highest BCUT2D eigenvalue weighted by atomic mass is 19.1. The van der Waals surface area contributed by atoms with Crippen LogP contribution in [0, 0.1) is 34.8 Å². The van der Waals surface area contributed by atoms with E-state index in [4.69, 9.17) is 10.00 Å². The summed E-state index contributed by atoms with van der Waals surface area (Å²) >= 11 is 0. The van der Waals surface area contributed by atoms with E-state index in [1.165, 1.54) is 0 Å². The Balaban J connectivity index is 2.14. The number of hydrogen-bond donors (Lipinski definition) is 0. The standard InChI is InChI=1S/C15H17F2NO/c1-9-3-4-12(5-10(9)2)19-15-13(16)6-11(8-18)7-14(15)17/h6-7,9-10,12H,3-5H2,1-2H3. The van der Waals surface area contributed by atoms with Gasteiger partial charge in [0.05, 0.1) is 17.7 Å². The van der Waals surface area contributed by atoms with Crippen LogP contribution in [0.2, 0.25) is 0 Å². The summed E-state index contributed by atoms with van der Waals surface area (Å²) in [5, 5.41) is 8.64. The molecular weight excluding hydrogens is 248 g/mol. The number of benzene rings is 1. The number of hydrogen-bond acceptors (Lipinski definition) is 2. The van der Waals surface area contributed by atoms with Crippen molar-refractivity contribution in [1.82, 2.24) is 0 Å². The van der Waals surface area contributed by atoms with Crippen LogP contribution in [-0.4, -0.2) is 6.10 Å². The lowest BCUT2D eigenvalue weighted by Crippen LogP contribution is -2.29. The number of nitrogens with zero attached hydrogens (tertiary/aromatic N) is 1. The lowest BCUT2D eigenvalue weighted by molar-refractivity contribution is 0.0927. The largest absolute Gasteiger partial charge is 0.484 e. The second kappa shape index (κ2) is 5.56. The Hall–Kier alpha value is -1.63. The van der Waals surface area contributed by atoms with Crippen LogP contribution in [0.3, 0.4) is 0 Å². The fraction of sp³-hybridized carbons (Fsp3) is 0.533. The molecule has 1 aromatic rings. The minimum Gasteiger partial charge on any atom is -0.484 e. The number of rotatable bonds is 2. The third kappa shape index (κ3) is 3.04. The van der Waals surface area contributed by atoms with E-state index in [1.807, 2.05) is 0 Å². The lowest BCUT2D eigenvalue weighted by Gasteiger charge is -2.32. The van der Waals surface area contributed by atoms with Crippen molar-refractivity contribution in [2.24, 2.45) is 11.8 Å². The molecule has 1 aliphatic rings. The molecule has 1 aromatic carbocycles. The minimum atomic E-state index is -0.803. The molecule has 3 atom stereocenters. The Morgan fingerprint density at radius 1 is 1.16 bits per heavy atom. The predicted molar refractivity (Wildman–Crippen MR) is 67.7 cm³/mol. The van der Waals surface area contributed by atoms with E-state index in [0.29, 0.717) is 11.8 Å². The molecule has 0 aromatic heterocycles. The van der Waals surface area contributed by atoms with Gasteiger partial charge in [0.1, 0.15) is 0 Å². The summed E-state index contributed by atoms with van der Waals surface area (Å²) in [6, 6.07) is 3.73. The highest BCUT2D eigenvalue weighted by Gasteiger charge is 2.27. The summed E-state index contributed by atoms with van der Waals surface area (Å²) in [6.45, 7) is 4.31. The van der Waals surface area contributed by atoms with Crippen molar-refractivity contribution in [3.63, 3.8) is 0 Å². The van der Waals surface area contributed by atoms with E-state index in [9.17, 15) is 8.78 Å². The molecule has 2 rings (SSSR count). The van der Waals surface area contributed by atoms with Crippen LogP contribution >= 0.6 is 0 Å². The zero-order chi connectivity index (χ0) is 14.0. The summed E-state index contributed by atoms with van der Waals surface area (Å²) in [6.07, 6.45) is 2.47. The Morgan fingerprint density at radius 3 is 2.32 bits per heavy atom. The van der Waals surface area contributed by atoms with Gasteiger partial charge in [-0.1, -0.05) is 13.8 Å². The second-order valence-corrected chi connectivity index (χ2v) is 5.39. The molecule has 0 bridgehead atoms. The monoisotopic (exact) mass is 265 g/mol. The van der Waals surface area contributed by atoms with Crippen LogP contribution in [-0.2, 0) is 0 Å². The zero-order valence-electron chi connectivity index (χ0n) is 11.1. The number of halogens is 2. The Morgan fingerprint density at radius 2 is 1.79 bits per heavy atom. The third-order valence-corrected chi connectivity index (χ3v) is 3.96. The second-order valence-electron chi connectivity index (χ2n) is 5.39. The van der Waals surface area contributed by atoms with Crippen LogP contribution in [0.15, 0.2) is 12.1 Å². The van der Waals surface area contributed by atoms with Gasteiger partial charge >= 0.3 is 0 Å². The van der Waals surface area contributed by atoms with Crippen LogP contribution in [0.1, 0.15) is 38.7 Å². The summed E-state index contributed by atoms with van der Waals surface area (Å²) < 4.78 is 32.9. The minimum absolute atomic E-state index is 0.0343. The van der Waals surface area contributed by atoms with Crippen molar-refractivity contribution in [1.29, 1.82) is 5.26 Å². The zero-order valence-corrected chi connectivity index (χ0v) is 11.1. The van der Waals surface area contributed by atoms with Crippen molar-refractivity contribution in [3.05, 3.63) is 29.3 Å². The SMILES string of the molecule is CC1CCC(Oc2c(F)cc(C#N)cc2F)CC1C. The van der Waals surface area contributed by atoms with E-state index in [-0.39, 0.29) is 17.4 Å². The van der Waals surface area contributed by atoms with Crippen molar-refractivity contribution in [2.45, 2.75) is 39.2 Å². The molecule has 0 saturated heterocycles. The number of nitriles is 1. The van der Waals surface area contributed by atoms with Gasteiger partial charge in [-0.2, -0.15) is 5.26 Å². The molecule has 1 aliphatic carbocycles. The molecule has 0 aliphatic heterocycles. The first-order valence-corrected chi connectivity index (χ1v) is 6.57. The van der Waals surface area contributed by atoms with Crippen LogP contribution < -0.4 is 4.74 Å². The smallest absolute Gasteiger partial charge is 0.191 e. The first-order chi connectivity index (χ1) is 9.01. The van der Waals surface area contributed by atoms with Gasteiger partial charge in [0.25, 0.3) is 0 Å². The van der Waals surface area contributed by atoms with Gasteiger partial charge in [-0.25, -0.2) is 8.78 Å². The Kier molecular flexibility index (Phi) is 4.04. The molecule has 1 fully saturated rings. The molecule has 3 unspecified atom stereocenters. The molecule has 4 heteroatoms. The van der Waals surface area contributed by atoms with Gasteiger partial charge in [0.15, 0.2) is 17.4 Å². The maximum atomic E-state index is 13.7. The molecule has 1 saturated carbocycles. The summed E-state index contributed by atoms with van der Waals surface area (Å²) in [4.78, 5) is 0. The normalized spacial score (nSPS) is 26.8. The molecule has 2 nitrogen and oxygen atoms in total. The van der Waals surface area contributed by atoms with Gasteiger partial charge in [-0.05, 0) is 43.2 Å². The predicted octanol–water partition coefficient (Wildman–Crippen LogP) is 4.04. The third-order valence-electron chi connectivity index (χ3n) is 3.96. The molecule has 0 radical (unpaired) electrons. The van der Waals surface area contributed by atoms with Crippen molar-refractivity contribution in [2.75, 3.05) is 0 Å². The molecule has 0 amide bonds. The van der Waals surface area contributed by atoms with E-state index < -0.39 is 11.6 Å². The molecule has 0 N–H and O–H groups in total. The van der Waals surface area contributed by atoms with Crippen LogP contribution in [0.5, 0.6) is 5.75 Å². The Labute approximate surface area is 112 Å². The molecule has 0 heterocycles. The maximum absolute atomic E-state index is 13.7. The van der Waals surface area contributed by atoms with Crippen molar-refractivity contribution >= 4 is 0 Å². The summed E-state index contributed by atoms with van der Waals surface area (Å²) in [7, 11) is 0. The van der Waals surface area contributed by atoms with E-state index in [2.05, 4.69) is 13.8 Å². The average Bonchev–Trinajstić information content (AvgIpc) is 2.37. The fourth-order valence-corrected chi connectivity index (χ4v) is 2.51. The van der Waals surface area contributed by atoms with Crippen molar-refractivity contribution < 1.29 is 13.5 Å². The van der Waals surface area contributed by atoms with Gasteiger partial charge < -0.3 is 4.74 Å². The van der Waals surface area contributed by atoms with Gasteiger partial charge in [-0.15, -0.1) is 0 Å². The molecular formula is C15H17F2NO. The first-order valence-electron chi connectivity index (χ1n) is 6.57. The number of ether oxygens (including phenoxy) is 1. The maximum Gasteiger partial charge on any atom is 0.191 e. The first kappa shape index (κ1) is 13.8. The average molecular weight is 265 g/mol. The molecule has 0 spiro atoms. The van der Waals surface area contributed by atoms with E-state index >= 15 is 0 Å². The molecule has 102 valence electrons. The quantitative estimate of drug-likeness (QED) is 0.808. The van der Waals surface area contributed by atoms with Gasteiger partial charge in [0, 0.05) is 0 Å². The van der Waals surface area contributed by atoms with Gasteiger partial charge in [-0.3, -0.25) is 0 Å². The highest BCUT2D eigenvalue weighted by Crippen LogP contribution is 2.33. The van der Waals surface area contributed by atoms with Crippen LogP contribution in [0.4, 0.5) is 8.78 Å². The van der Waals surface area contributed by atoms with Crippen molar-refractivity contribution in [3.8, 4) is 11.8 Å². The fourth-order valence-electron chi connectivity index (χ4n) is 2.51. The topological polar surface area (TPSA) is 33.0 Å². The lowest BCUT2D eigenvalue weighted by atomic mass is 9.80. The highest BCUT2D eigenvalue weighted by molar-refractivity contribution is 5.37. The molecule has 19 heavy (non-hydrogen) atoms. The Bertz CT molecular complexity index is 486. The van der Waals surface area contributed by atoms with Gasteiger partial charge in [0.2, 0.25) is 0 Å². The van der Waals surface area contributed by atoms with Crippen LogP contribution in [0.25, 0.3) is 0 Å². The summed E-state index contributed by atoms with van der Waals surface area (Å²) in [5.74, 6) is -0.852.